The maximum absolute atomic E-state index is 12.4. The number of thioether (sulfide) groups is 1. The van der Waals surface area contributed by atoms with Crippen LogP contribution in [0.2, 0.25) is 0 Å². The fourth-order valence-corrected chi connectivity index (χ4v) is 3.48. The smallest absolute Gasteiger partial charge is 0.240 e. The lowest BCUT2D eigenvalue weighted by Crippen LogP contribution is -2.28. The molecule has 3 rings (SSSR count). The number of hydrogen-bond donors (Lipinski definition) is 3. The van der Waals surface area contributed by atoms with Gasteiger partial charge in [0.25, 0.3) is 0 Å². The molecule has 140 valence electrons. The quantitative estimate of drug-likeness (QED) is 0.669. The molecule has 1 atom stereocenters. The predicted octanol–water partition coefficient (Wildman–Crippen LogP) is 3.43. The molecule has 7 heteroatoms. The molecule has 1 fully saturated rings. The Balaban J connectivity index is 1.62. The second-order valence-corrected chi connectivity index (χ2v) is 7.77. The number of carbonyl (C=O) groups excluding carboxylic acids is 2. The number of fused-ring (bicyclic) bond motifs is 1. The second kappa shape index (κ2) is 8.26. The number of benzene rings is 2. The van der Waals surface area contributed by atoms with Crippen molar-refractivity contribution in [2.45, 2.75) is 25.5 Å². The van der Waals surface area contributed by atoms with Crippen LogP contribution in [0.25, 0.3) is 10.8 Å². The van der Waals surface area contributed by atoms with Crippen LogP contribution in [0.4, 0.5) is 5.69 Å². The normalized spacial score (nSPS) is 18.0. The molecule has 0 spiro atoms. The topological polar surface area (TPSA) is 82.6 Å². The summed E-state index contributed by atoms with van der Waals surface area (Å²) in [4.78, 5) is 24.6. The summed E-state index contributed by atoms with van der Waals surface area (Å²) < 4.78 is 0. The third-order valence-electron chi connectivity index (χ3n) is 4.21. The molecule has 3 N–H and O–H groups in total. The molecule has 0 saturated carbocycles. The van der Waals surface area contributed by atoms with Crippen molar-refractivity contribution < 1.29 is 9.59 Å². The van der Waals surface area contributed by atoms with Gasteiger partial charge < -0.3 is 10.6 Å². The van der Waals surface area contributed by atoms with E-state index in [1.54, 1.807) is 0 Å². The van der Waals surface area contributed by atoms with E-state index in [4.69, 9.17) is 0 Å². The largest absolute Gasteiger partial charge is 0.325 e. The van der Waals surface area contributed by atoms with E-state index in [2.05, 4.69) is 27.7 Å². The lowest BCUT2D eigenvalue weighted by Gasteiger charge is -2.10. The molecular formula is C20H22N4O2S. The number of anilines is 1. The second-order valence-electron chi connectivity index (χ2n) is 6.58. The van der Waals surface area contributed by atoms with Gasteiger partial charge in [0.1, 0.15) is 5.25 Å². The zero-order chi connectivity index (χ0) is 19.4. The summed E-state index contributed by atoms with van der Waals surface area (Å²) in [6, 6.07) is 13.6. The Hall–Kier alpha value is -2.80. The number of nitrogens with one attached hydrogen (secondary N) is 3. The van der Waals surface area contributed by atoms with Gasteiger partial charge >= 0.3 is 0 Å². The molecule has 6 nitrogen and oxygen atoms in total. The van der Waals surface area contributed by atoms with Gasteiger partial charge in [0, 0.05) is 23.2 Å². The highest BCUT2D eigenvalue weighted by Gasteiger charge is 2.32. The molecule has 0 bridgehead atoms. The van der Waals surface area contributed by atoms with Gasteiger partial charge in [0.05, 0.1) is 0 Å². The lowest BCUT2D eigenvalue weighted by atomic mass is 10.1. The highest BCUT2D eigenvalue weighted by Crippen LogP contribution is 2.25. The zero-order valence-corrected chi connectivity index (χ0v) is 16.1. The Labute approximate surface area is 162 Å². The first-order valence-electron chi connectivity index (χ1n) is 8.71. The van der Waals surface area contributed by atoms with Gasteiger partial charge in [-0.05, 0) is 17.4 Å². The van der Waals surface area contributed by atoms with E-state index in [9.17, 15) is 9.59 Å². The van der Waals surface area contributed by atoms with Crippen LogP contribution in [-0.4, -0.2) is 22.2 Å². The number of nitrogens with zero attached hydrogens (tertiary/aromatic N) is 1. The highest BCUT2D eigenvalue weighted by atomic mass is 32.2. The fourth-order valence-electron chi connectivity index (χ4n) is 2.55. The molecule has 1 aliphatic heterocycles. The summed E-state index contributed by atoms with van der Waals surface area (Å²) in [5.74, 6) is -0.192. The number of carbonyl (C=O) groups is 2. The first-order valence-corrected chi connectivity index (χ1v) is 9.59. The number of hydrogen-bond acceptors (Lipinski definition) is 5. The average molecular weight is 382 g/mol. The monoisotopic (exact) mass is 382 g/mol. The molecule has 1 aliphatic rings. The van der Waals surface area contributed by atoms with Crippen LogP contribution in [0.5, 0.6) is 0 Å². The van der Waals surface area contributed by atoms with E-state index in [-0.39, 0.29) is 24.2 Å². The van der Waals surface area contributed by atoms with Gasteiger partial charge in [0.15, 0.2) is 5.17 Å². The molecule has 2 amide bonds. The number of allylic oxidation sites excluding steroid dienone is 1. The van der Waals surface area contributed by atoms with Crippen LogP contribution < -0.4 is 16.1 Å². The Kier molecular flexibility index (Phi) is 5.81. The lowest BCUT2D eigenvalue weighted by molar-refractivity contribution is -0.122. The van der Waals surface area contributed by atoms with E-state index in [0.29, 0.717) is 5.17 Å². The van der Waals surface area contributed by atoms with Gasteiger partial charge in [-0.15, -0.1) is 0 Å². The molecule has 2 aromatic carbocycles. The summed E-state index contributed by atoms with van der Waals surface area (Å²) >= 11 is 1.24. The van der Waals surface area contributed by atoms with Crippen LogP contribution in [0.1, 0.15) is 20.3 Å². The Bertz CT molecular complexity index is 918. The molecule has 2 aromatic rings. The first kappa shape index (κ1) is 19.0. The summed E-state index contributed by atoms with van der Waals surface area (Å²) in [5.41, 5.74) is 4.34. The molecule has 27 heavy (non-hydrogen) atoms. The fraction of sp³-hybridized carbons (Fsp3) is 0.250. The van der Waals surface area contributed by atoms with Crippen LogP contribution in [-0.2, 0) is 9.59 Å². The van der Waals surface area contributed by atoms with Crippen LogP contribution >= 0.6 is 11.8 Å². The summed E-state index contributed by atoms with van der Waals surface area (Å²) in [5, 5.41) is 11.7. The predicted molar refractivity (Wildman–Crippen MR) is 111 cm³/mol. The summed E-state index contributed by atoms with van der Waals surface area (Å²) in [6.45, 7) is 7.86. The van der Waals surface area contributed by atoms with Crippen molar-refractivity contribution in [2.24, 2.45) is 11.0 Å². The van der Waals surface area contributed by atoms with Crippen molar-refractivity contribution in [3.05, 3.63) is 54.7 Å². The van der Waals surface area contributed by atoms with E-state index in [1.165, 1.54) is 11.8 Å². The minimum Gasteiger partial charge on any atom is -0.325 e. The van der Waals surface area contributed by atoms with E-state index in [0.717, 1.165) is 22.2 Å². The molecule has 0 radical (unpaired) electrons. The third-order valence-corrected chi connectivity index (χ3v) is 5.29. The maximum Gasteiger partial charge on any atom is 0.240 e. The average Bonchev–Trinajstić information content (AvgIpc) is 2.99. The molecule has 0 aromatic heterocycles. The van der Waals surface area contributed by atoms with Crippen molar-refractivity contribution in [3.63, 3.8) is 0 Å². The Morgan fingerprint density at radius 3 is 2.78 bits per heavy atom. The van der Waals surface area contributed by atoms with Crippen molar-refractivity contribution >= 4 is 45.2 Å². The standard InChI is InChI=1S/C20H22N4O2S/c1-12(2)13(3)23-24-20-22-19(26)17(27-20)11-18(25)21-16-10-6-8-14-7-4-5-9-15(14)16/h4-10,12,17,23H,3,11H2,1-2H3,(H,21,25)(H,22,24,26)/t17-/m1/s1. The van der Waals surface area contributed by atoms with Crippen molar-refractivity contribution in [2.75, 3.05) is 5.32 Å². The molecule has 1 heterocycles. The number of amidine groups is 1. The number of amides is 2. The summed E-state index contributed by atoms with van der Waals surface area (Å²) in [7, 11) is 0. The molecule has 0 unspecified atom stereocenters. The van der Waals surface area contributed by atoms with Gasteiger partial charge in [0.2, 0.25) is 11.8 Å². The van der Waals surface area contributed by atoms with Gasteiger partial charge in [-0.3, -0.25) is 15.0 Å². The SMILES string of the molecule is C=C(N/N=C1\NC(=O)[C@@H](CC(=O)Nc2cccc3ccccc23)S1)C(C)C. The minimum atomic E-state index is -0.507. The van der Waals surface area contributed by atoms with Crippen molar-refractivity contribution in [3.8, 4) is 0 Å². The highest BCUT2D eigenvalue weighted by molar-refractivity contribution is 8.15. The maximum atomic E-state index is 12.4. The first-order chi connectivity index (χ1) is 12.9. The third kappa shape index (κ3) is 4.68. The minimum absolute atomic E-state index is 0.0733. The van der Waals surface area contributed by atoms with Crippen LogP contribution in [0, 0.1) is 5.92 Å². The van der Waals surface area contributed by atoms with E-state index >= 15 is 0 Å². The molecule has 1 saturated heterocycles. The van der Waals surface area contributed by atoms with E-state index in [1.807, 2.05) is 56.3 Å². The summed E-state index contributed by atoms with van der Waals surface area (Å²) in [6.07, 6.45) is 0.0733. The van der Waals surface area contributed by atoms with Gasteiger partial charge in [-0.1, -0.05) is 68.6 Å². The Morgan fingerprint density at radius 2 is 2.00 bits per heavy atom. The van der Waals surface area contributed by atoms with Crippen molar-refractivity contribution in [1.82, 2.24) is 10.7 Å². The zero-order valence-electron chi connectivity index (χ0n) is 15.3. The van der Waals surface area contributed by atoms with E-state index < -0.39 is 5.25 Å². The van der Waals surface area contributed by atoms with Crippen molar-refractivity contribution in [1.29, 1.82) is 0 Å². The number of rotatable bonds is 6. The molecular weight excluding hydrogens is 360 g/mol. The Morgan fingerprint density at radius 1 is 1.26 bits per heavy atom. The van der Waals surface area contributed by atoms with Gasteiger partial charge in [-0.2, -0.15) is 5.10 Å². The molecule has 0 aliphatic carbocycles. The van der Waals surface area contributed by atoms with Crippen LogP contribution in [0.15, 0.2) is 59.8 Å². The van der Waals surface area contributed by atoms with Crippen LogP contribution in [0.3, 0.4) is 0 Å². The number of hydrazone groups is 1. The van der Waals surface area contributed by atoms with Gasteiger partial charge in [-0.25, -0.2) is 0 Å².